The fourth-order valence-corrected chi connectivity index (χ4v) is 1.13. The summed E-state index contributed by atoms with van der Waals surface area (Å²) in [5, 5.41) is 17.3. The number of rotatable bonds is 3. The highest BCUT2D eigenvalue weighted by Gasteiger charge is 1.97. The molecule has 0 atom stereocenters. The van der Waals surface area contributed by atoms with Crippen molar-refractivity contribution in [1.82, 2.24) is 20.6 Å². The minimum atomic E-state index is 0.540. The predicted octanol–water partition coefficient (Wildman–Crippen LogP) is 1.47. The predicted molar refractivity (Wildman–Crippen MR) is 53.0 cm³/mol. The van der Waals surface area contributed by atoms with Crippen LogP contribution < -0.4 is 5.32 Å². The number of hydrogen-bond acceptors (Lipinski definition) is 4. The number of nitrogens with zero attached hydrogens (tertiary/aromatic N) is 3. The molecule has 0 aliphatic carbocycles. The summed E-state index contributed by atoms with van der Waals surface area (Å²) in [6.45, 7) is 0.540. The fraction of sp³-hybridized carbons (Fsp3) is 0.125. The van der Waals surface area contributed by atoms with Gasteiger partial charge >= 0.3 is 0 Å². The Balaban J connectivity index is 1.95. The van der Waals surface area contributed by atoms with Crippen LogP contribution in [0.25, 0.3) is 0 Å². The van der Waals surface area contributed by atoms with E-state index in [-0.39, 0.29) is 0 Å². The van der Waals surface area contributed by atoms with Crippen molar-refractivity contribution in [2.24, 2.45) is 0 Å². The lowest BCUT2D eigenvalue weighted by molar-refractivity contribution is 0.881. The highest BCUT2D eigenvalue weighted by atomic mass is 35.5. The minimum Gasteiger partial charge on any atom is -0.378 e. The number of anilines is 1. The number of H-pyrrole nitrogens is 1. The smallest absolute Gasteiger partial charge is 0.193 e. The number of benzene rings is 1. The van der Waals surface area contributed by atoms with Crippen molar-refractivity contribution in [2.45, 2.75) is 6.54 Å². The summed E-state index contributed by atoms with van der Waals surface area (Å²) in [6, 6.07) is 7.42. The van der Waals surface area contributed by atoms with E-state index in [0.29, 0.717) is 12.4 Å². The Bertz CT molecular complexity index is 383. The molecule has 1 heterocycles. The van der Waals surface area contributed by atoms with Crippen LogP contribution in [0.4, 0.5) is 5.69 Å². The molecule has 0 amide bonds. The Labute approximate surface area is 85.5 Å². The summed E-state index contributed by atoms with van der Waals surface area (Å²) in [6.07, 6.45) is 0. The van der Waals surface area contributed by atoms with E-state index in [4.69, 9.17) is 11.6 Å². The van der Waals surface area contributed by atoms with E-state index < -0.39 is 0 Å². The molecule has 0 bridgehead atoms. The van der Waals surface area contributed by atoms with E-state index in [9.17, 15) is 0 Å². The van der Waals surface area contributed by atoms with E-state index in [1.807, 2.05) is 24.3 Å². The normalized spacial score (nSPS) is 10.1. The first-order valence-corrected chi connectivity index (χ1v) is 4.44. The van der Waals surface area contributed by atoms with E-state index in [2.05, 4.69) is 25.9 Å². The van der Waals surface area contributed by atoms with Crippen molar-refractivity contribution < 1.29 is 0 Å². The van der Waals surface area contributed by atoms with E-state index >= 15 is 0 Å². The van der Waals surface area contributed by atoms with Crippen molar-refractivity contribution in [2.75, 3.05) is 5.32 Å². The number of tetrazole rings is 1. The highest BCUT2D eigenvalue weighted by Crippen LogP contribution is 2.13. The van der Waals surface area contributed by atoms with Gasteiger partial charge in [0, 0.05) is 10.7 Å². The first-order valence-electron chi connectivity index (χ1n) is 4.06. The summed E-state index contributed by atoms with van der Waals surface area (Å²) >= 11 is 5.74. The van der Waals surface area contributed by atoms with Crippen molar-refractivity contribution in [3.8, 4) is 0 Å². The maximum absolute atomic E-state index is 5.74. The van der Waals surface area contributed by atoms with Gasteiger partial charge in [0.2, 0.25) is 0 Å². The molecule has 2 N–H and O–H groups in total. The average molecular weight is 210 g/mol. The monoisotopic (exact) mass is 209 g/mol. The molecule has 0 fully saturated rings. The van der Waals surface area contributed by atoms with Crippen molar-refractivity contribution >= 4 is 17.3 Å². The summed E-state index contributed by atoms with van der Waals surface area (Å²) in [5.41, 5.74) is 0.971. The quantitative estimate of drug-likeness (QED) is 0.804. The summed E-state index contributed by atoms with van der Waals surface area (Å²) in [7, 11) is 0. The summed E-state index contributed by atoms with van der Waals surface area (Å²) in [5.74, 6) is 0.625. The van der Waals surface area contributed by atoms with E-state index in [0.717, 1.165) is 10.7 Å². The molecule has 72 valence electrons. The molecule has 6 heteroatoms. The third kappa shape index (κ3) is 2.20. The lowest BCUT2D eigenvalue weighted by Gasteiger charge is -2.02. The van der Waals surface area contributed by atoms with Crippen LogP contribution in [0.1, 0.15) is 5.82 Å². The third-order valence-corrected chi connectivity index (χ3v) is 1.94. The molecule has 0 saturated heterocycles. The molecule has 14 heavy (non-hydrogen) atoms. The Hall–Kier alpha value is -1.62. The molecule has 0 unspecified atom stereocenters. The molecule has 1 aromatic carbocycles. The molecule has 0 radical (unpaired) electrons. The van der Waals surface area contributed by atoms with Crippen LogP contribution in [-0.2, 0) is 6.54 Å². The molecule has 0 saturated carbocycles. The Morgan fingerprint density at radius 1 is 1.29 bits per heavy atom. The van der Waals surface area contributed by atoms with Crippen LogP contribution in [0.15, 0.2) is 24.3 Å². The molecular formula is C8H8ClN5. The van der Waals surface area contributed by atoms with Gasteiger partial charge in [0.25, 0.3) is 0 Å². The van der Waals surface area contributed by atoms with Gasteiger partial charge in [-0.15, -0.1) is 10.2 Å². The standard InChI is InChI=1S/C8H8ClN5/c9-6-1-3-7(4-2-6)10-5-8-11-13-14-12-8/h1-4,10H,5H2,(H,11,12,13,14). The average Bonchev–Trinajstić information content (AvgIpc) is 2.70. The largest absolute Gasteiger partial charge is 0.378 e. The molecule has 1 aromatic heterocycles. The van der Waals surface area contributed by atoms with Gasteiger partial charge in [0.05, 0.1) is 6.54 Å². The topological polar surface area (TPSA) is 66.5 Å². The van der Waals surface area contributed by atoms with Crippen LogP contribution in [0.3, 0.4) is 0 Å². The Kier molecular flexibility index (Phi) is 2.60. The second-order valence-corrected chi connectivity index (χ2v) is 3.12. The van der Waals surface area contributed by atoms with Gasteiger partial charge < -0.3 is 5.32 Å². The van der Waals surface area contributed by atoms with Gasteiger partial charge in [-0.3, -0.25) is 0 Å². The first kappa shape index (κ1) is 8.96. The van der Waals surface area contributed by atoms with Gasteiger partial charge in [0.1, 0.15) is 0 Å². The number of nitrogens with one attached hydrogen (secondary N) is 2. The van der Waals surface area contributed by atoms with E-state index in [1.54, 1.807) is 0 Å². The Morgan fingerprint density at radius 2 is 2.07 bits per heavy atom. The summed E-state index contributed by atoms with van der Waals surface area (Å²) < 4.78 is 0. The van der Waals surface area contributed by atoms with Crippen LogP contribution in [0.5, 0.6) is 0 Å². The number of hydrogen-bond donors (Lipinski definition) is 2. The van der Waals surface area contributed by atoms with E-state index in [1.165, 1.54) is 0 Å². The molecule has 0 aliphatic heterocycles. The summed E-state index contributed by atoms with van der Waals surface area (Å²) in [4.78, 5) is 0. The fourth-order valence-electron chi connectivity index (χ4n) is 1.01. The van der Waals surface area contributed by atoms with Crippen molar-refractivity contribution in [3.63, 3.8) is 0 Å². The zero-order valence-electron chi connectivity index (χ0n) is 7.24. The molecular weight excluding hydrogens is 202 g/mol. The van der Waals surface area contributed by atoms with Gasteiger partial charge in [-0.1, -0.05) is 16.8 Å². The molecule has 0 aliphatic rings. The van der Waals surface area contributed by atoms with Crippen molar-refractivity contribution in [3.05, 3.63) is 35.1 Å². The number of halogens is 1. The lowest BCUT2D eigenvalue weighted by Crippen LogP contribution is -2.00. The molecule has 5 nitrogen and oxygen atoms in total. The van der Waals surface area contributed by atoms with Gasteiger partial charge in [-0.2, -0.15) is 5.21 Å². The second-order valence-electron chi connectivity index (χ2n) is 2.69. The highest BCUT2D eigenvalue weighted by molar-refractivity contribution is 6.30. The van der Waals surface area contributed by atoms with Crippen LogP contribution in [0, 0.1) is 0 Å². The van der Waals surface area contributed by atoms with Crippen LogP contribution in [0.2, 0.25) is 5.02 Å². The number of aromatic amines is 1. The first-order chi connectivity index (χ1) is 6.84. The van der Waals surface area contributed by atoms with Gasteiger partial charge in [0.15, 0.2) is 5.82 Å². The SMILES string of the molecule is Clc1ccc(NCc2nn[nH]n2)cc1. The van der Waals surface area contributed by atoms with Crippen LogP contribution in [-0.4, -0.2) is 20.6 Å². The lowest BCUT2D eigenvalue weighted by atomic mass is 10.3. The molecule has 2 rings (SSSR count). The zero-order valence-corrected chi connectivity index (χ0v) is 7.99. The maximum atomic E-state index is 5.74. The minimum absolute atomic E-state index is 0.540. The van der Waals surface area contributed by atoms with Gasteiger partial charge in [-0.25, -0.2) is 0 Å². The molecule has 2 aromatic rings. The molecule has 0 spiro atoms. The van der Waals surface area contributed by atoms with Gasteiger partial charge in [-0.05, 0) is 24.3 Å². The van der Waals surface area contributed by atoms with Crippen LogP contribution >= 0.6 is 11.6 Å². The number of aromatic nitrogens is 4. The Morgan fingerprint density at radius 3 is 2.71 bits per heavy atom. The van der Waals surface area contributed by atoms with Crippen molar-refractivity contribution in [1.29, 1.82) is 0 Å². The second kappa shape index (κ2) is 4.06. The third-order valence-electron chi connectivity index (χ3n) is 1.68. The zero-order chi connectivity index (χ0) is 9.80. The maximum Gasteiger partial charge on any atom is 0.193 e.